The normalized spacial score (nSPS) is 10.2. The molecule has 0 aliphatic heterocycles. The first kappa shape index (κ1) is 21.7. The van der Waals surface area contributed by atoms with Crippen LogP contribution in [0, 0.1) is 0 Å². The van der Waals surface area contributed by atoms with Crippen molar-refractivity contribution in [3.63, 3.8) is 0 Å². The molecular weight excluding hydrogens is 394 g/mol. The Bertz CT molecular complexity index is 1030. The summed E-state index contributed by atoms with van der Waals surface area (Å²) in [6.07, 6.45) is 1.56. The summed E-state index contributed by atoms with van der Waals surface area (Å²) in [5, 5.41) is 8.65. The Hall–Kier alpha value is -4.00. The number of hydrogen-bond acceptors (Lipinski definition) is 5. The number of ether oxygens (including phenoxy) is 1. The number of furan rings is 1. The number of rotatable bonds is 10. The van der Waals surface area contributed by atoms with Crippen LogP contribution in [-0.4, -0.2) is 25.0 Å². The lowest BCUT2D eigenvalue weighted by Crippen LogP contribution is -2.23. The van der Waals surface area contributed by atoms with Gasteiger partial charge in [0.05, 0.1) is 19.4 Å². The van der Waals surface area contributed by atoms with Crippen molar-refractivity contribution in [2.75, 3.05) is 23.8 Å². The average Bonchev–Trinajstić information content (AvgIpc) is 3.29. The van der Waals surface area contributed by atoms with Gasteiger partial charge in [-0.1, -0.05) is 12.6 Å². The molecule has 7 heteroatoms. The summed E-state index contributed by atoms with van der Waals surface area (Å²) in [5.74, 6) is 0.951. The number of benzene rings is 2. The number of carbonyl (C=O) groups excluding carboxylic acids is 2. The highest BCUT2D eigenvalue weighted by Crippen LogP contribution is 2.18. The Balaban J connectivity index is 1.45. The van der Waals surface area contributed by atoms with Crippen molar-refractivity contribution in [3.8, 4) is 5.75 Å². The zero-order chi connectivity index (χ0) is 22.1. The molecule has 160 valence electrons. The van der Waals surface area contributed by atoms with Crippen molar-refractivity contribution in [2.24, 2.45) is 0 Å². The van der Waals surface area contributed by atoms with Gasteiger partial charge in [0, 0.05) is 23.0 Å². The van der Waals surface area contributed by atoms with Crippen molar-refractivity contribution < 1.29 is 18.7 Å². The topological polar surface area (TPSA) is 92.6 Å². The van der Waals surface area contributed by atoms with Crippen molar-refractivity contribution in [1.82, 2.24) is 5.32 Å². The molecule has 0 unspecified atom stereocenters. The van der Waals surface area contributed by atoms with Gasteiger partial charge in [0.2, 0.25) is 5.91 Å². The van der Waals surface area contributed by atoms with Crippen LogP contribution in [0.1, 0.15) is 23.0 Å². The van der Waals surface area contributed by atoms with Gasteiger partial charge in [-0.2, -0.15) is 0 Å². The van der Waals surface area contributed by atoms with Crippen LogP contribution in [0.5, 0.6) is 5.75 Å². The van der Waals surface area contributed by atoms with Crippen LogP contribution in [0.2, 0.25) is 0 Å². The molecule has 3 aromatic rings. The van der Waals surface area contributed by atoms with Crippen LogP contribution in [0.3, 0.4) is 0 Å². The lowest BCUT2D eigenvalue weighted by atomic mass is 10.2. The van der Waals surface area contributed by atoms with Gasteiger partial charge in [0.25, 0.3) is 5.91 Å². The molecule has 0 aliphatic rings. The Morgan fingerprint density at radius 1 is 1.03 bits per heavy atom. The molecular formula is C24H25N3O4. The largest absolute Gasteiger partial charge is 0.489 e. The minimum absolute atomic E-state index is 0.0842. The highest BCUT2D eigenvalue weighted by molar-refractivity contribution is 5.95. The molecule has 0 spiro atoms. The molecule has 0 aliphatic carbocycles. The molecule has 2 amide bonds. The molecule has 1 heterocycles. The maximum absolute atomic E-state index is 12.2. The Morgan fingerprint density at radius 2 is 1.84 bits per heavy atom. The summed E-state index contributed by atoms with van der Waals surface area (Å²) >= 11 is 0. The minimum Gasteiger partial charge on any atom is -0.489 e. The van der Waals surface area contributed by atoms with Crippen molar-refractivity contribution in [1.29, 1.82) is 0 Å². The maximum Gasteiger partial charge on any atom is 0.251 e. The van der Waals surface area contributed by atoms with E-state index in [0.717, 1.165) is 11.3 Å². The van der Waals surface area contributed by atoms with E-state index in [1.54, 1.807) is 54.8 Å². The van der Waals surface area contributed by atoms with E-state index in [4.69, 9.17) is 9.15 Å². The van der Waals surface area contributed by atoms with Gasteiger partial charge in [-0.05, 0) is 61.0 Å². The Kier molecular flexibility index (Phi) is 7.48. The van der Waals surface area contributed by atoms with E-state index in [1.807, 2.05) is 19.1 Å². The van der Waals surface area contributed by atoms with E-state index in [9.17, 15) is 9.59 Å². The minimum atomic E-state index is -0.200. The standard InChI is InChI=1S/C24H25N3O4/c1-17(2)16-31-21-6-3-5-20(13-21)27-23(28)15-25-19-10-8-18(9-11-19)24(29)26-14-22-7-4-12-30-22/h3-13,25H,1,14-16H2,2H3,(H,26,29)(H,27,28). The van der Waals surface area contributed by atoms with Crippen molar-refractivity contribution >= 4 is 23.2 Å². The van der Waals surface area contributed by atoms with Gasteiger partial charge in [-0.3, -0.25) is 9.59 Å². The van der Waals surface area contributed by atoms with Gasteiger partial charge in [0.1, 0.15) is 18.1 Å². The Labute approximate surface area is 181 Å². The first-order valence-electron chi connectivity index (χ1n) is 9.81. The van der Waals surface area contributed by atoms with Crippen LogP contribution in [0.25, 0.3) is 0 Å². The van der Waals surface area contributed by atoms with E-state index >= 15 is 0 Å². The summed E-state index contributed by atoms with van der Waals surface area (Å²) in [6.45, 7) is 6.52. The van der Waals surface area contributed by atoms with Crippen molar-refractivity contribution in [3.05, 3.63) is 90.4 Å². The molecule has 0 radical (unpaired) electrons. The summed E-state index contributed by atoms with van der Waals surface area (Å²) in [5.41, 5.74) is 2.82. The molecule has 3 rings (SSSR count). The van der Waals surface area contributed by atoms with Gasteiger partial charge in [-0.25, -0.2) is 0 Å². The second-order valence-electron chi connectivity index (χ2n) is 7.01. The fraction of sp³-hybridized carbons (Fsp3) is 0.167. The van der Waals surface area contributed by atoms with E-state index in [-0.39, 0.29) is 18.4 Å². The average molecular weight is 419 g/mol. The Morgan fingerprint density at radius 3 is 2.55 bits per heavy atom. The summed E-state index contributed by atoms with van der Waals surface area (Å²) in [6, 6.07) is 17.6. The van der Waals surface area contributed by atoms with E-state index < -0.39 is 0 Å². The molecule has 7 nitrogen and oxygen atoms in total. The molecule has 0 atom stereocenters. The van der Waals surface area contributed by atoms with Crippen LogP contribution in [-0.2, 0) is 11.3 Å². The quantitative estimate of drug-likeness (QED) is 0.428. The molecule has 3 N–H and O–H groups in total. The summed E-state index contributed by atoms with van der Waals surface area (Å²) in [4.78, 5) is 24.4. The number of carbonyl (C=O) groups is 2. The fourth-order valence-electron chi connectivity index (χ4n) is 2.68. The second-order valence-corrected chi connectivity index (χ2v) is 7.01. The number of amides is 2. The van der Waals surface area contributed by atoms with Crippen LogP contribution < -0.4 is 20.7 Å². The molecule has 0 bridgehead atoms. The third-order valence-corrected chi connectivity index (χ3v) is 4.21. The smallest absolute Gasteiger partial charge is 0.251 e. The third kappa shape index (κ3) is 7.08. The zero-order valence-corrected chi connectivity index (χ0v) is 17.3. The summed E-state index contributed by atoms with van der Waals surface area (Å²) < 4.78 is 10.8. The lowest BCUT2D eigenvalue weighted by Gasteiger charge is -2.10. The second kappa shape index (κ2) is 10.7. The predicted molar refractivity (Wildman–Crippen MR) is 120 cm³/mol. The zero-order valence-electron chi connectivity index (χ0n) is 17.3. The van der Waals surface area contributed by atoms with Gasteiger partial charge < -0.3 is 25.1 Å². The first-order chi connectivity index (χ1) is 15.0. The monoisotopic (exact) mass is 419 g/mol. The SMILES string of the molecule is C=C(C)COc1cccc(NC(=O)CNc2ccc(C(=O)NCc3ccco3)cc2)c1. The highest BCUT2D eigenvalue weighted by Gasteiger charge is 2.07. The molecule has 0 saturated carbocycles. The van der Waals surface area contributed by atoms with Gasteiger partial charge in [0.15, 0.2) is 0 Å². The van der Waals surface area contributed by atoms with Crippen LogP contribution in [0.4, 0.5) is 11.4 Å². The third-order valence-electron chi connectivity index (χ3n) is 4.21. The molecule has 0 saturated heterocycles. The molecule has 0 fully saturated rings. The van der Waals surface area contributed by atoms with E-state index in [2.05, 4.69) is 22.5 Å². The van der Waals surface area contributed by atoms with Crippen LogP contribution in [0.15, 0.2) is 83.5 Å². The number of nitrogens with one attached hydrogen (secondary N) is 3. The fourth-order valence-corrected chi connectivity index (χ4v) is 2.68. The first-order valence-corrected chi connectivity index (χ1v) is 9.81. The maximum atomic E-state index is 12.2. The number of anilines is 2. The molecule has 31 heavy (non-hydrogen) atoms. The summed E-state index contributed by atoms with van der Waals surface area (Å²) in [7, 11) is 0. The van der Waals surface area contributed by atoms with Crippen LogP contribution >= 0.6 is 0 Å². The van der Waals surface area contributed by atoms with E-state index in [0.29, 0.717) is 35.9 Å². The lowest BCUT2D eigenvalue weighted by molar-refractivity contribution is -0.114. The van der Waals surface area contributed by atoms with Crippen molar-refractivity contribution in [2.45, 2.75) is 13.5 Å². The molecule has 1 aromatic heterocycles. The highest BCUT2D eigenvalue weighted by atomic mass is 16.5. The van der Waals surface area contributed by atoms with E-state index in [1.165, 1.54) is 0 Å². The predicted octanol–water partition coefficient (Wildman–Crippen LogP) is 4.22. The van der Waals surface area contributed by atoms with Gasteiger partial charge >= 0.3 is 0 Å². The molecule has 2 aromatic carbocycles. The number of hydrogen-bond donors (Lipinski definition) is 3. The van der Waals surface area contributed by atoms with Gasteiger partial charge in [-0.15, -0.1) is 0 Å².